The first-order valence-corrected chi connectivity index (χ1v) is 10.3. The number of hydrogen-bond donors (Lipinski definition) is 3. The first kappa shape index (κ1) is 20.2. The number of rotatable bonds is 7. The van der Waals surface area contributed by atoms with Crippen LogP contribution in [-0.2, 0) is 4.79 Å². The Kier molecular flexibility index (Phi) is 5.90. The van der Waals surface area contributed by atoms with Crippen molar-refractivity contribution >= 4 is 11.8 Å². The Morgan fingerprint density at radius 3 is 2.70 bits per heavy atom. The number of amides is 2. The summed E-state index contributed by atoms with van der Waals surface area (Å²) in [7, 11) is 1.60. The lowest BCUT2D eigenvalue weighted by atomic mass is 9.84. The van der Waals surface area contributed by atoms with Gasteiger partial charge in [-0.05, 0) is 55.0 Å². The van der Waals surface area contributed by atoms with Gasteiger partial charge in [0.05, 0.1) is 19.3 Å². The number of nitrogens with one attached hydrogen (secondary N) is 2. The lowest BCUT2D eigenvalue weighted by Gasteiger charge is -2.25. The van der Waals surface area contributed by atoms with Gasteiger partial charge >= 0.3 is 0 Å². The Morgan fingerprint density at radius 1 is 1.20 bits per heavy atom. The Bertz CT molecular complexity index is 939. The van der Waals surface area contributed by atoms with Crippen molar-refractivity contribution < 1.29 is 24.3 Å². The van der Waals surface area contributed by atoms with Gasteiger partial charge in [-0.3, -0.25) is 14.8 Å². The summed E-state index contributed by atoms with van der Waals surface area (Å²) in [6, 6.07) is 12.6. The zero-order valence-electron chi connectivity index (χ0n) is 16.9. The van der Waals surface area contributed by atoms with E-state index >= 15 is 0 Å². The fourth-order valence-electron chi connectivity index (χ4n) is 4.46. The highest BCUT2D eigenvalue weighted by molar-refractivity contribution is 5.99. The smallest absolute Gasteiger partial charge is 0.252 e. The van der Waals surface area contributed by atoms with Crippen LogP contribution in [0.4, 0.5) is 0 Å². The van der Waals surface area contributed by atoms with Gasteiger partial charge < -0.3 is 14.8 Å². The van der Waals surface area contributed by atoms with Gasteiger partial charge in [0.1, 0.15) is 0 Å². The molecule has 7 heteroatoms. The molecule has 0 spiro atoms. The Hall–Kier alpha value is -3.06. The molecule has 2 amide bonds. The molecule has 1 fully saturated rings. The summed E-state index contributed by atoms with van der Waals surface area (Å²) in [6.45, 7) is 0. The highest BCUT2D eigenvalue weighted by Gasteiger charge is 2.36. The number of fused-ring (bicyclic) bond motifs is 1. The lowest BCUT2D eigenvalue weighted by molar-refractivity contribution is -0.129. The molecule has 2 aliphatic rings. The van der Waals surface area contributed by atoms with Crippen molar-refractivity contribution in [3.63, 3.8) is 0 Å². The second-order valence-corrected chi connectivity index (χ2v) is 7.82. The standard InChI is InChI=1S/C23H26N2O5/c1-29-19-11-10-14(12-20(19)30-15-6-2-3-7-15)18(13-21(26)25-28)22-16-8-4-5-9-17(16)23(27)24-22/h4-5,8-12,15,18,22,28H,2-3,6-7,13H2,1H3,(H,24,27)(H,25,26). The van der Waals surface area contributed by atoms with Crippen molar-refractivity contribution in [2.24, 2.45) is 0 Å². The minimum atomic E-state index is -0.521. The average molecular weight is 410 g/mol. The molecule has 1 heterocycles. The van der Waals surface area contributed by atoms with Crippen molar-refractivity contribution in [2.45, 2.75) is 50.2 Å². The fraction of sp³-hybridized carbons (Fsp3) is 0.391. The van der Waals surface area contributed by atoms with Crippen LogP contribution in [0.25, 0.3) is 0 Å². The maximum atomic E-state index is 12.5. The van der Waals surface area contributed by atoms with Crippen molar-refractivity contribution in [3.05, 3.63) is 59.2 Å². The minimum absolute atomic E-state index is 0.00494. The van der Waals surface area contributed by atoms with E-state index in [2.05, 4.69) is 5.32 Å². The summed E-state index contributed by atoms with van der Waals surface area (Å²) in [5.74, 6) is 0.191. The number of ether oxygens (including phenoxy) is 2. The van der Waals surface area contributed by atoms with Crippen molar-refractivity contribution in [1.82, 2.24) is 10.8 Å². The molecule has 2 unspecified atom stereocenters. The van der Waals surface area contributed by atoms with Gasteiger partial charge in [-0.15, -0.1) is 0 Å². The third kappa shape index (κ3) is 3.98. The number of hydroxylamine groups is 1. The first-order valence-electron chi connectivity index (χ1n) is 10.3. The van der Waals surface area contributed by atoms with Crippen LogP contribution < -0.4 is 20.3 Å². The molecule has 30 heavy (non-hydrogen) atoms. The highest BCUT2D eigenvalue weighted by Crippen LogP contribution is 2.42. The van der Waals surface area contributed by atoms with Crippen LogP contribution >= 0.6 is 0 Å². The van der Waals surface area contributed by atoms with E-state index in [1.54, 1.807) is 18.7 Å². The van der Waals surface area contributed by atoms with Crippen LogP contribution in [0.3, 0.4) is 0 Å². The molecule has 4 rings (SSSR count). The summed E-state index contributed by atoms with van der Waals surface area (Å²) >= 11 is 0. The molecule has 1 saturated carbocycles. The number of benzene rings is 2. The first-order chi connectivity index (χ1) is 14.6. The monoisotopic (exact) mass is 410 g/mol. The van der Waals surface area contributed by atoms with Crippen LogP contribution in [0, 0.1) is 0 Å². The molecule has 0 bridgehead atoms. The zero-order chi connectivity index (χ0) is 21.1. The molecule has 2 atom stereocenters. The normalized spacial score (nSPS) is 19.1. The van der Waals surface area contributed by atoms with Gasteiger partial charge in [0.25, 0.3) is 5.91 Å². The molecular weight excluding hydrogens is 384 g/mol. The largest absolute Gasteiger partial charge is 0.493 e. The van der Waals surface area contributed by atoms with Gasteiger partial charge in [0.2, 0.25) is 5.91 Å². The summed E-state index contributed by atoms with van der Waals surface area (Å²) in [6.07, 6.45) is 4.48. The van der Waals surface area contributed by atoms with E-state index in [9.17, 15) is 9.59 Å². The summed E-state index contributed by atoms with van der Waals surface area (Å²) < 4.78 is 11.7. The van der Waals surface area contributed by atoms with Crippen LogP contribution in [-0.4, -0.2) is 30.2 Å². The highest BCUT2D eigenvalue weighted by atomic mass is 16.5. The van der Waals surface area contributed by atoms with Crippen LogP contribution in [0.5, 0.6) is 11.5 Å². The Labute approximate surface area is 175 Å². The number of carbonyl (C=O) groups excluding carboxylic acids is 2. The molecule has 0 aromatic heterocycles. The third-order valence-electron chi connectivity index (χ3n) is 5.97. The second-order valence-electron chi connectivity index (χ2n) is 7.82. The SMILES string of the molecule is COc1ccc(C(CC(=O)NO)C2NC(=O)c3ccccc32)cc1OC1CCCC1. The number of carbonyl (C=O) groups is 2. The summed E-state index contributed by atoms with van der Waals surface area (Å²) in [4.78, 5) is 24.6. The predicted molar refractivity (Wildman–Crippen MR) is 110 cm³/mol. The Morgan fingerprint density at radius 2 is 1.97 bits per heavy atom. The van der Waals surface area contributed by atoms with Gasteiger partial charge in [0.15, 0.2) is 11.5 Å². The number of hydrogen-bond acceptors (Lipinski definition) is 5. The quantitative estimate of drug-likeness (QED) is 0.480. The van der Waals surface area contributed by atoms with Gasteiger partial charge in [-0.1, -0.05) is 24.3 Å². The van der Waals surface area contributed by atoms with E-state index in [0.29, 0.717) is 17.1 Å². The van der Waals surface area contributed by atoms with E-state index in [1.807, 2.05) is 36.4 Å². The molecule has 0 radical (unpaired) electrons. The van der Waals surface area contributed by atoms with Crippen LogP contribution in [0.2, 0.25) is 0 Å². The molecule has 2 aromatic rings. The molecule has 7 nitrogen and oxygen atoms in total. The number of methoxy groups -OCH3 is 1. The summed E-state index contributed by atoms with van der Waals surface area (Å²) in [5, 5.41) is 12.1. The van der Waals surface area contributed by atoms with Crippen molar-refractivity contribution in [1.29, 1.82) is 0 Å². The molecule has 0 saturated heterocycles. The molecule has 158 valence electrons. The zero-order valence-corrected chi connectivity index (χ0v) is 16.9. The Balaban J connectivity index is 1.71. The van der Waals surface area contributed by atoms with Crippen molar-refractivity contribution in [2.75, 3.05) is 7.11 Å². The van der Waals surface area contributed by atoms with Crippen molar-refractivity contribution in [3.8, 4) is 11.5 Å². The van der Waals surface area contributed by atoms with E-state index in [1.165, 1.54) is 0 Å². The predicted octanol–water partition coefficient (Wildman–Crippen LogP) is 3.48. The molecule has 1 aliphatic heterocycles. The second kappa shape index (κ2) is 8.75. The maximum absolute atomic E-state index is 12.5. The van der Waals surface area contributed by atoms with E-state index < -0.39 is 11.9 Å². The fourth-order valence-corrected chi connectivity index (χ4v) is 4.46. The van der Waals surface area contributed by atoms with E-state index in [-0.39, 0.29) is 24.3 Å². The maximum Gasteiger partial charge on any atom is 0.252 e. The van der Waals surface area contributed by atoms with Gasteiger partial charge in [-0.25, -0.2) is 5.48 Å². The van der Waals surface area contributed by atoms with Gasteiger partial charge in [-0.2, -0.15) is 0 Å². The van der Waals surface area contributed by atoms with E-state index in [4.69, 9.17) is 14.7 Å². The van der Waals surface area contributed by atoms with Crippen LogP contribution in [0.1, 0.15) is 65.5 Å². The van der Waals surface area contributed by atoms with E-state index in [0.717, 1.165) is 36.8 Å². The minimum Gasteiger partial charge on any atom is -0.493 e. The van der Waals surface area contributed by atoms with Crippen LogP contribution in [0.15, 0.2) is 42.5 Å². The topological polar surface area (TPSA) is 96.9 Å². The molecule has 3 N–H and O–H groups in total. The third-order valence-corrected chi connectivity index (χ3v) is 5.97. The molecular formula is C23H26N2O5. The lowest BCUT2D eigenvalue weighted by Crippen LogP contribution is -2.29. The molecule has 2 aromatic carbocycles. The van der Waals surface area contributed by atoms with Gasteiger partial charge in [0, 0.05) is 17.9 Å². The molecule has 1 aliphatic carbocycles. The summed E-state index contributed by atoms with van der Waals surface area (Å²) in [5.41, 5.74) is 3.98. The average Bonchev–Trinajstić information content (AvgIpc) is 3.40.